The fraction of sp³-hybridized carbons (Fsp3) is 0.400. The second-order valence-corrected chi connectivity index (χ2v) is 6.95. The molecule has 0 aromatic heterocycles. The number of thioether (sulfide) groups is 1. The summed E-state index contributed by atoms with van der Waals surface area (Å²) in [7, 11) is 0. The lowest BCUT2D eigenvalue weighted by molar-refractivity contribution is 0.000423. The van der Waals surface area contributed by atoms with E-state index in [0.717, 1.165) is 0 Å². The van der Waals surface area contributed by atoms with Crippen LogP contribution in [0.15, 0.2) is 36.4 Å². The molecule has 3 unspecified atom stereocenters. The Balaban J connectivity index is 1.93. The van der Waals surface area contributed by atoms with Gasteiger partial charge in [-0.3, -0.25) is 4.79 Å². The maximum absolute atomic E-state index is 13.0. The molecule has 1 fully saturated rings. The summed E-state index contributed by atoms with van der Waals surface area (Å²) in [6.45, 7) is 3.96. The Morgan fingerprint density at radius 3 is 2.68 bits per heavy atom. The van der Waals surface area contributed by atoms with Crippen molar-refractivity contribution in [2.24, 2.45) is 0 Å². The first-order chi connectivity index (χ1) is 9.04. The first-order valence-corrected chi connectivity index (χ1v) is 7.27. The van der Waals surface area contributed by atoms with Crippen LogP contribution < -0.4 is 4.74 Å². The van der Waals surface area contributed by atoms with Crippen LogP contribution in [0.1, 0.15) is 24.2 Å². The van der Waals surface area contributed by atoms with Crippen molar-refractivity contribution in [1.82, 2.24) is 0 Å². The van der Waals surface area contributed by atoms with Gasteiger partial charge < -0.3 is 9.47 Å². The molecule has 3 nitrogen and oxygen atoms in total. The number of carbonyl (C=O) groups excluding carboxylic acids is 1. The van der Waals surface area contributed by atoms with E-state index in [1.165, 1.54) is 0 Å². The summed E-state index contributed by atoms with van der Waals surface area (Å²) < 4.78 is 11.3. The number of carbonyl (C=O) groups is 1. The van der Waals surface area contributed by atoms with Crippen LogP contribution in [0.2, 0.25) is 0 Å². The van der Waals surface area contributed by atoms with Crippen LogP contribution in [0.25, 0.3) is 0 Å². The number of benzene rings is 1. The standard InChI is InChI=1S/C15H14O3S/c1-14(2)15(11-7-8-12(17-11)19-15)13(16)9-5-3-4-6-10(9)18-14/h3-8,11-12H,1-2H3. The molecule has 0 aliphatic carbocycles. The van der Waals surface area contributed by atoms with E-state index in [1.807, 2.05) is 50.3 Å². The van der Waals surface area contributed by atoms with Gasteiger partial charge in [-0.05, 0) is 32.1 Å². The summed E-state index contributed by atoms with van der Waals surface area (Å²) in [6, 6.07) is 7.46. The van der Waals surface area contributed by atoms with Crippen LogP contribution >= 0.6 is 11.8 Å². The predicted molar refractivity (Wildman–Crippen MR) is 73.6 cm³/mol. The SMILES string of the molecule is CC1(C)Oc2ccccc2C(=O)C12SC1C=CC2O1. The Bertz CT molecular complexity index is 607. The van der Waals surface area contributed by atoms with Crippen molar-refractivity contribution in [3.63, 3.8) is 0 Å². The molecule has 1 aromatic carbocycles. The second kappa shape index (κ2) is 3.44. The summed E-state index contributed by atoms with van der Waals surface area (Å²) in [5, 5.41) is 0. The number of rotatable bonds is 0. The monoisotopic (exact) mass is 274 g/mol. The van der Waals surface area contributed by atoms with E-state index in [0.29, 0.717) is 11.3 Å². The van der Waals surface area contributed by atoms with Crippen molar-refractivity contribution in [3.05, 3.63) is 42.0 Å². The number of hydrogen-bond acceptors (Lipinski definition) is 4. The fourth-order valence-electron chi connectivity index (χ4n) is 3.21. The van der Waals surface area contributed by atoms with Crippen molar-refractivity contribution >= 4 is 17.5 Å². The third kappa shape index (κ3) is 1.26. The van der Waals surface area contributed by atoms with Gasteiger partial charge in [-0.2, -0.15) is 0 Å². The highest BCUT2D eigenvalue weighted by Gasteiger charge is 2.67. The summed E-state index contributed by atoms with van der Waals surface area (Å²) in [5.41, 5.74) is 0.0498. The largest absolute Gasteiger partial charge is 0.485 e. The molecule has 3 aliphatic heterocycles. The van der Waals surface area contributed by atoms with E-state index in [2.05, 4.69) is 0 Å². The van der Waals surface area contributed by atoms with Gasteiger partial charge in [-0.15, -0.1) is 11.8 Å². The zero-order valence-corrected chi connectivity index (χ0v) is 11.6. The van der Waals surface area contributed by atoms with Crippen LogP contribution in [-0.2, 0) is 4.74 Å². The minimum absolute atomic E-state index is 0.0258. The zero-order chi connectivity index (χ0) is 13.3. The number of para-hydroxylation sites is 1. The maximum Gasteiger partial charge on any atom is 0.189 e. The van der Waals surface area contributed by atoms with E-state index in [1.54, 1.807) is 11.8 Å². The first-order valence-electron chi connectivity index (χ1n) is 6.39. The highest BCUT2D eigenvalue weighted by atomic mass is 32.2. The van der Waals surface area contributed by atoms with Gasteiger partial charge in [0.15, 0.2) is 10.5 Å². The smallest absolute Gasteiger partial charge is 0.189 e. The Morgan fingerprint density at radius 1 is 1.21 bits per heavy atom. The van der Waals surface area contributed by atoms with E-state index >= 15 is 0 Å². The number of hydrogen-bond donors (Lipinski definition) is 0. The van der Waals surface area contributed by atoms with Crippen LogP contribution in [-0.4, -0.2) is 27.7 Å². The van der Waals surface area contributed by atoms with Gasteiger partial charge in [0, 0.05) is 0 Å². The molecule has 0 amide bonds. The van der Waals surface area contributed by atoms with Gasteiger partial charge in [0.25, 0.3) is 0 Å². The minimum Gasteiger partial charge on any atom is -0.485 e. The number of ketones is 1. The maximum atomic E-state index is 13.0. The van der Waals surface area contributed by atoms with E-state index in [-0.39, 0.29) is 17.3 Å². The van der Waals surface area contributed by atoms with Gasteiger partial charge >= 0.3 is 0 Å². The molecule has 0 N–H and O–H groups in total. The molecule has 2 bridgehead atoms. The Kier molecular flexibility index (Phi) is 2.09. The van der Waals surface area contributed by atoms with Gasteiger partial charge in [-0.25, -0.2) is 0 Å². The normalized spacial score (nSPS) is 37.5. The van der Waals surface area contributed by atoms with E-state index in [9.17, 15) is 4.79 Å². The van der Waals surface area contributed by atoms with Crippen molar-refractivity contribution < 1.29 is 14.3 Å². The summed E-state index contributed by atoms with van der Waals surface area (Å²) in [5.74, 6) is 0.802. The molecule has 0 saturated carbocycles. The molecule has 1 saturated heterocycles. The van der Waals surface area contributed by atoms with E-state index < -0.39 is 10.3 Å². The number of Topliss-reactive ketones (excluding diaryl/α,β-unsaturated/α-hetero) is 1. The van der Waals surface area contributed by atoms with Crippen LogP contribution in [0.5, 0.6) is 5.75 Å². The molecule has 3 aliphatic rings. The van der Waals surface area contributed by atoms with Crippen LogP contribution in [0, 0.1) is 0 Å². The highest BCUT2D eigenvalue weighted by Crippen LogP contribution is 2.58. The van der Waals surface area contributed by atoms with Crippen molar-refractivity contribution in [3.8, 4) is 5.75 Å². The molecule has 3 heterocycles. The number of fused-ring (bicyclic) bond motifs is 4. The summed E-state index contributed by atoms with van der Waals surface area (Å²) in [6.07, 6.45) is 3.82. The first kappa shape index (κ1) is 11.6. The molecule has 0 radical (unpaired) electrons. The second-order valence-electron chi connectivity index (χ2n) is 5.60. The van der Waals surface area contributed by atoms with Crippen molar-refractivity contribution in [2.45, 2.75) is 35.7 Å². The van der Waals surface area contributed by atoms with Crippen molar-refractivity contribution in [2.75, 3.05) is 0 Å². The lowest BCUT2D eigenvalue weighted by atomic mass is 9.76. The Hall–Kier alpha value is -1.26. The van der Waals surface area contributed by atoms with Gasteiger partial charge in [0.2, 0.25) is 0 Å². The molecule has 98 valence electrons. The Labute approximate surface area is 116 Å². The van der Waals surface area contributed by atoms with Crippen molar-refractivity contribution in [1.29, 1.82) is 0 Å². The predicted octanol–water partition coefficient (Wildman–Crippen LogP) is 2.81. The quantitative estimate of drug-likeness (QED) is 0.682. The molecular weight excluding hydrogens is 260 g/mol. The van der Waals surface area contributed by atoms with Gasteiger partial charge in [0.1, 0.15) is 22.9 Å². The highest BCUT2D eigenvalue weighted by molar-refractivity contribution is 8.02. The van der Waals surface area contributed by atoms with Crippen LogP contribution in [0.3, 0.4) is 0 Å². The fourth-order valence-corrected chi connectivity index (χ4v) is 4.73. The summed E-state index contributed by atoms with van der Waals surface area (Å²) in [4.78, 5) is 13.0. The lowest BCUT2D eigenvalue weighted by Gasteiger charge is -2.47. The third-order valence-electron chi connectivity index (χ3n) is 4.16. The van der Waals surface area contributed by atoms with E-state index in [4.69, 9.17) is 9.47 Å². The van der Waals surface area contributed by atoms with Gasteiger partial charge in [-0.1, -0.05) is 18.2 Å². The average molecular weight is 274 g/mol. The Morgan fingerprint density at radius 2 is 2.00 bits per heavy atom. The third-order valence-corrected chi connectivity index (χ3v) is 5.94. The molecule has 1 aromatic rings. The van der Waals surface area contributed by atoms with Gasteiger partial charge in [0.05, 0.1) is 5.56 Å². The van der Waals surface area contributed by atoms with Crippen LogP contribution in [0.4, 0.5) is 0 Å². The molecule has 3 atom stereocenters. The minimum atomic E-state index is -0.666. The molecule has 1 spiro atoms. The average Bonchev–Trinajstić information content (AvgIpc) is 2.97. The summed E-state index contributed by atoms with van der Waals surface area (Å²) >= 11 is 1.58. The molecule has 4 heteroatoms. The zero-order valence-electron chi connectivity index (χ0n) is 10.8. The topological polar surface area (TPSA) is 35.5 Å². The molecule has 19 heavy (non-hydrogen) atoms. The number of ether oxygens (including phenoxy) is 2. The molecule has 4 rings (SSSR count). The molecular formula is C15H14O3S. The lowest BCUT2D eigenvalue weighted by Crippen LogP contribution is -2.63.